The van der Waals surface area contributed by atoms with Crippen LogP contribution in [0, 0.1) is 0 Å². The van der Waals surface area contributed by atoms with Gasteiger partial charge in [-0.2, -0.15) is 0 Å². The second-order valence-electron chi connectivity index (χ2n) is 8.94. The van der Waals surface area contributed by atoms with Crippen LogP contribution in [0.1, 0.15) is 96.0 Å². The molecule has 0 spiro atoms. The molecule has 2 nitrogen and oxygen atoms in total. The summed E-state index contributed by atoms with van der Waals surface area (Å²) < 4.78 is 0.874. The first kappa shape index (κ1) is 27.4. The lowest BCUT2D eigenvalue weighted by molar-refractivity contribution is -0.928. The van der Waals surface area contributed by atoms with Crippen LogP contribution in [0.2, 0.25) is 0 Å². The highest BCUT2D eigenvalue weighted by Gasteiger charge is 2.27. The maximum Gasteiger partial charge on any atom is 0.112 e. The van der Waals surface area contributed by atoms with Crippen LogP contribution in [-0.4, -0.2) is 36.3 Å². The molecule has 1 rings (SSSR count). The number of rotatable bonds is 17. The fraction of sp³-hybridized carbons (Fsp3) is 0.760. The number of nitrogens with zero attached hydrogens (tertiary/aromatic N) is 1. The molecule has 0 aliphatic heterocycles. The molecule has 1 aromatic carbocycles. The third kappa shape index (κ3) is 12.8. The van der Waals surface area contributed by atoms with Crippen LogP contribution in [0.4, 0.5) is 0 Å². The Morgan fingerprint density at radius 2 is 1.21 bits per heavy atom. The summed E-state index contributed by atoms with van der Waals surface area (Å²) in [6.07, 6.45) is 17.8. The van der Waals surface area contributed by atoms with Crippen LogP contribution < -0.4 is 12.4 Å². The molecular weight excluding hydrogens is 366 g/mol. The molecule has 0 radical (unpaired) electrons. The van der Waals surface area contributed by atoms with E-state index in [-0.39, 0.29) is 19.0 Å². The molecule has 1 N–H and O–H groups in total. The third-order valence-corrected chi connectivity index (χ3v) is 6.02. The molecule has 0 saturated heterocycles. The Bertz CT molecular complexity index is 449. The average molecular weight is 412 g/mol. The van der Waals surface area contributed by atoms with E-state index in [0.717, 1.165) is 17.4 Å². The minimum absolute atomic E-state index is 0. The van der Waals surface area contributed by atoms with E-state index in [0.29, 0.717) is 6.04 Å². The van der Waals surface area contributed by atoms with E-state index in [2.05, 4.69) is 51.4 Å². The van der Waals surface area contributed by atoms with Crippen LogP contribution in [0.5, 0.6) is 0 Å². The molecule has 0 bridgehead atoms. The lowest BCUT2D eigenvalue weighted by Gasteiger charge is -2.37. The fourth-order valence-electron chi connectivity index (χ4n) is 4.07. The summed E-state index contributed by atoms with van der Waals surface area (Å²) in [4.78, 5) is 0. The van der Waals surface area contributed by atoms with E-state index in [1.165, 1.54) is 82.6 Å². The van der Waals surface area contributed by atoms with Crippen molar-refractivity contribution >= 4 is 0 Å². The zero-order valence-electron chi connectivity index (χ0n) is 18.8. The molecule has 0 aliphatic rings. The van der Waals surface area contributed by atoms with Gasteiger partial charge in [-0.1, -0.05) is 108 Å². The largest absolute Gasteiger partial charge is 1.00 e. The second-order valence-corrected chi connectivity index (χ2v) is 8.94. The first-order valence-electron chi connectivity index (χ1n) is 11.6. The summed E-state index contributed by atoms with van der Waals surface area (Å²) >= 11 is 0. The average Bonchev–Trinajstić information content (AvgIpc) is 2.66. The van der Waals surface area contributed by atoms with Gasteiger partial charge < -0.3 is 22.0 Å². The van der Waals surface area contributed by atoms with Crippen molar-refractivity contribution in [3.8, 4) is 0 Å². The summed E-state index contributed by atoms with van der Waals surface area (Å²) in [6, 6.07) is 11.0. The van der Waals surface area contributed by atoms with Gasteiger partial charge in [0.1, 0.15) is 12.6 Å². The maximum absolute atomic E-state index is 9.90. The first-order valence-corrected chi connectivity index (χ1v) is 11.6. The standard InChI is InChI=1S/C25H46NO.ClH/c1-4-5-6-7-8-9-10-11-12-13-14-18-21-25(23-27)26(2,3)22-24-19-16-15-17-20-24;/h15-17,19-20,25,27H,4-14,18,21-23H2,1-3H3;1H/q+1;/p-1. The van der Waals surface area contributed by atoms with Crippen molar-refractivity contribution in [2.45, 2.75) is 103 Å². The Morgan fingerprint density at radius 3 is 1.68 bits per heavy atom. The SMILES string of the molecule is CCCCCCCCCCCCCCC(CO)[N+](C)(C)Cc1ccccc1.[Cl-]. The predicted molar refractivity (Wildman–Crippen MR) is 119 cm³/mol. The van der Waals surface area contributed by atoms with Crippen molar-refractivity contribution in [2.24, 2.45) is 0 Å². The van der Waals surface area contributed by atoms with Crippen molar-refractivity contribution in [1.82, 2.24) is 0 Å². The third-order valence-electron chi connectivity index (χ3n) is 6.02. The van der Waals surface area contributed by atoms with E-state index in [4.69, 9.17) is 0 Å². The number of aliphatic hydroxyl groups excluding tert-OH is 1. The van der Waals surface area contributed by atoms with Gasteiger partial charge in [0, 0.05) is 12.0 Å². The quantitative estimate of drug-likeness (QED) is 0.306. The number of benzene rings is 1. The molecule has 0 aliphatic carbocycles. The van der Waals surface area contributed by atoms with Gasteiger partial charge in [0.25, 0.3) is 0 Å². The summed E-state index contributed by atoms with van der Waals surface area (Å²) in [5, 5.41) is 9.90. The Balaban J connectivity index is 0.00000729. The van der Waals surface area contributed by atoms with Crippen LogP contribution in [0.3, 0.4) is 0 Å². The molecule has 1 aromatic rings. The van der Waals surface area contributed by atoms with Crippen LogP contribution in [-0.2, 0) is 6.54 Å². The van der Waals surface area contributed by atoms with Gasteiger partial charge in [-0.15, -0.1) is 0 Å². The van der Waals surface area contributed by atoms with Crippen LogP contribution in [0.15, 0.2) is 30.3 Å². The van der Waals surface area contributed by atoms with Crippen molar-refractivity contribution in [1.29, 1.82) is 0 Å². The van der Waals surface area contributed by atoms with E-state index in [9.17, 15) is 5.11 Å². The zero-order chi connectivity index (χ0) is 19.8. The number of hydrogen-bond donors (Lipinski definition) is 1. The molecule has 0 amide bonds. The molecule has 164 valence electrons. The van der Waals surface area contributed by atoms with Gasteiger partial charge in [0.05, 0.1) is 20.7 Å². The van der Waals surface area contributed by atoms with Gasteiger partial charge in [0.15, 0.2) is 0 Å². The van der Waals surface area contributed by atoms with Crippen molar-refractivity contribution in [3.63, 3.8) is 0 Å². The number of halogens is 1. The second kappa shape index (κ2) is 17.3. The zero-order valence-corrected chi connectivity index (χ0v) is 19.6. The molecule has 1 atom stereocenters. The van der Waals surface area contributed by atoms with Crippen LogP contribution in [0.25, 0.3) is 0 Å². The van der Waals surface area contributed by atoms with Gasteiger partial charge in [0.2, 0.25) is 0 Å². The normalized spacial score (nSPS) is 12.6. The highest BCUT2D eigenvalue weighted by molar-refractivity contribution is 5.13. The number of hydrogen-bond acceptors (Lipinski definition) is 1. The number of aliphatic hydroxyl groups is 1. The molecule has 1 unspecified atom stereocenters. The van der Waals surface area contributed by atoms with Crippen molar-refractivity contribution in [3.05, 3.63) is 35.9 Å². The monoisotopic (exact) mass is 411 g/mol. The minimum atomic E-state index is 0. The Labute approximate surface area is 181 Å². The Morgan fingerprint density at radius 1 is 0.750 bits per heavy atom. The van der Waals surface area contributed by atoms with Crippen molar-refractivity contribution < 1.29 is 22.0 Å². The lowest BCUT2D eigenvalue weighted by Crippen LogP contribution is -3.00. The van der Waals surface area contributed by atoms with Crippen LogP contribution >= 0.6 is 0 Å². The summed E-state index contributed by atoms with van der Waals surface area (Å²) in [5.41, 5.74) is 1.36. The smallest absolute Gasteiger partial charge is 0.112 e. The van der Waals surface area contributed by atoms with E-state index in [1.807, 2.05) is 0 Å². The van der Waals surface area contributed by atoms with Crippen molar-refractivity contribution in [2.75, 3.05) is 20.7 Å². The van der Waals surface area contributed by atoms with Gasteiger partial charge in [-0.3, -0.25) is 0 Å². The molecule has 3 heteroatoms. The number of quaternary nitrogens is 1. The topological polar surface area (TPSA) is 20.2 Å². The summed E-state index contributed by atoms with van der Waals surface area (Å²) in [5.74, 6) is 0. The molecule has 0 fully saturated rings. The maximum atomic E-state index is 9.90. The molecule has 0 heterocycles. The number of unbranched alkanes of at least 4 members (excludes halogenated alkanes) is 11. The van der Waals surface area contributed by atoms with Gasteiger partial charge in [-0.25, -0.2) is 0 Å². The van der Waals surface area contributed by atoms with E-state index >= 15 is 0 Å². The highest BCUT2D eigenvalue weighted by Crippen LogP contribution is 2.19. The summed E-state index contributed by atoms with van der Waals surface area (Å²) in [7, 11) is 4.52. The molecule has 0 aromatic heterocycles. The Kier molecular flexibility index (Phi) is 16.9. The molecule has 0 saturated carbocycles. The molecule has 28 heavy (non-hydrogen) atoms. The minimum Gasteiger partial charge on any atom is -1.00 e. The lowest BCUT2D eigenvalue weighted by atomic mass is 10.0. The predicted octanol–water partition coefficient (Wildman–Crippen LogP) is 3.72. The molecular formula is C25H46ClNO. The summed E-state index contributed by atoms with van der Waals surface area (Å²) in [6.45, 7) is 3.56. The van der Waals surface area contributed by atoms with E-state index in [1.54, 1.807) is 0 Å². The van der Waals surface area contributed by atoms with E-state index < -0.39 is 0 Å². The fourth-order valence-corrected chi connectivity index (χ4v) is 4.07. The first-order chi connectivity index (χ1) is 13.1. The Hall–Kier alpha value is -0.570. The van der Waals surface area contributed by atoms with Gasteiger partial charge in [-0.05, 0) is 6.42 Å². The highest BCUT2D eigenvalue weighted by atomic mass is 35.5. The number of likely N-dealkylation sites (N-methyl/N-ethyl adjacent to an activating group) is 1. The van der Waals surface area contributed by atoms with Gasteiger partial charge >= 0.3 is 0 Å².